The fourth-order valence-corrected chi connectivity index (χ4v) is 4.97. The minimum Gasteiger partial charge on any atom is -0.315 e. The number of benzene rings is 3. The molecule has 0 aromatic heterocycles. The van der Waals surface area contributed by atoms with Crippen LogP contribution in [0.15, 0.2) is 82.1 Å². The summed E-state index contributed by atoms with van der Waals surface area (Å²) in [6, 6.07) is 27.0. The molecule has 0 saturated carbocycles. The Morgan fingerprint density at radius 2 is 1.76 bits per heavy atom. The van der Waals surface area contributed by atoms with E-state index in [0.29, 0.717) is 5.56 Å². The molecule has 0 fully saturated rings. The van der Waals surface area contributed by atoms with Crippen molar-refractivity contribution in [1.29, 1.82) is 5.26 Å². The standard InChI is InChI=1S/C24H21N3S2/c1-2-15-28-24-26-29-23-10-6-5-9-22(23)27(24)17-18-11-13-19(14-12-18)21-8-4-3-7-20(21)16-25/h3-14H,2,15,17H2,1H3. The van der Waals surface area contributed by atoms with Gasteiger partial charge in [0.2, 0.25) is 0 Å². The van der Waals surface area contributed by atoms with Crippen molar-refractivity contribution in [2.75, 3.05) is 10.7 Å². The van der Waals surface area contributed by atoms with Gasteiger partial charge in [0.25, 0.3) is 0 Å². The van der Waals surface area contributed by atoms with Gasteiger partial charge in [0, 0.05) is 17.7 Å². The van der Waals surface area contributed by atoms with Crippen molar-refractivity contribution in [2.24, 2.45) is 4.40 Å². The highest BCUT2D eigenvalue weighted by Gasteiger charge is 2.22. The minimum absolute atomic E-state index is 0.701. The molecule has 1 aliphatic heterocycles. The van der Waals surface area contributed by atoms with E-state index in [-0.39, 0.29) is 0 Å². The van der Waals surface area contributed by atoms with Crippen molar-refractivity contribution < 1.29 is 0 Å². The van der Waals surface area contributed by atoms with Crippen LogP contribution >= 0.6 is 23.7 Å². The quantitative estimate of drug-likeness (QED) is 0.432. The SMILES string of the molecule is CCCSC1=NSc2ccccc2N1Cc1ccc(-c2ccccc2C#N)cc1. The number of thioether (sulfide) groups is 1. The summed E-state index contributed by atoms with van der Waals surface area (Å²) >= 11 is 3.37. The number of rotatable bonds is 5. The summed E-state index contributed by atoms with van der Waals surface area (Å²) in [4.78, 5) is 3.50. The van der Waals surface area contributed by atoms with Crippen LogP contribution in [0.25, 0.3) is 11.1 Å². The van der Waals surface area contributed by atoms with E-state index in [2.05, 4.69) is 66.4 Å². The molecule has 0 amide bonds. The highest BCUT2D eigenvalue weighted by molar-refractivity contribution is 8.15. The molecule has 0 N–H and O–H groups in total. The number of anilines is 1. The number of nitrogens with zero attached hydrogens (tertiary/aromatic N) is 3. The number of hydrogen-bond donors (Lipinski definition) is 0. The van der Waals surface area contributed by atoms with Crippen molar-refractivity contribution >= 4 is 34.6 Å². The van der Waals surface area contributed by atoms with Gasteiger partial charge >= 0.3 is 0 Å². The van der Waals surface area contributed by atoms with Gasteiger partial charge in [-0.2, -0.15) is 9.66 Å². The average molecular weight is 416 g/mol. The zero-order chi connectivity index (χ0) is 20.1. The first-order valence-corrected chi connectivity index (χ1v) is 11.4. The average Bonchev–Trinajstić information content (AvgIpc) is 2.79. The molecule has 1 heterocycles. The van der Waals surface area contributed by atoms with Gasteiger partial charge in [-0.25, -0.2) is 0 Å². The number of nitriles is 1. The van der Waals surface area contributed by atoms with Gasteiger partial charge in [0.15, 0.2) is 5.17 Å². The molecule has 0 spiro atoms. The Bertz CT molecular complexity index is 1070. The Morgan fingerprint density at radius 1 is 1.00 bits per heavy atom. The lowest BCUT2D eigenvalue weighted by molar-refractivity contribution is 0.995. The topological polar surface area (TPSA) is 39.4 Å². The first kappa shape index (κ1) is 19.6. The predicted molar refractivity (Wildman–Crippen MR) is 125 cm³/mol. The highest BCUT2D eigenvalue weighted by Crippen LogP contribution is 2.38. The van der Waals surface area contributed by atoms with E-state index >= 15 is 0 Å². The summed E-state index contributed by atoms with van der Waals surface area (Å²) in [5, 5.41) is 10.4. The van der Waals surface area contributed by atoms with E-state index in [9.17, 15) is 5.26 Å². The van der Waals surface area contributed by atoms with Gasteiger partial charge in [-0.15, -0.1) is 0 Å². The second-order valence-corrected chi connectivity index (χ2v) is 8.59. The Labute approximate surface area is 180 Å². The van der Waals surface area contributed by atoms with Crippen molar-refractivity contribution in [3.05, 3.63) is 83.9 Å². The molecular formula is C24H21N3S2. The molecule has 0 aliphatic carbocycles. The first-order chi connectivity index (χ1) is 14.3. The molecule has 3 aromatic rings. The van der Waals surface area contributed by atoms with Crippen LogP contribution in [0.4, 0.5) is 5.69 Å². The normalized spacial score (nSPS) is 12.8. The lowest BCUT2D eigenvalue weighted by atomic mass is 9.99. The van der Waals surface area contributed by atoms with E-state index in [1.165, 1.54) is 16.1 Å². The van der Waals surface area contributed by atoms with Gasteiger partial charge in [-0.05, 0) is 41.3 Å². The molecule has 5 heteroatoms. The Kier molecular flexibility index (Phi) is 6.24. The second-order valence-electron chi connectivity index (χ2n) is 6.72. The molecule has 144 valence electrons. The van der Waals surface area contributed by atoms with E-state index in [4.69, 9.17) is 4.40 Å². The largest absolute Gasteiger partial charge is 0.315 e. The first-order valence-electron chi connectivity index (χ1n) is 9.63. The van der Waals surface area contributed by atoms with Crippen LogP contribution < -0.4 is 4.90 Å². The number of hydrogen-bond acceptors (Lipinski definition) is 5. The Morgan fingerprint density at radius 3 is 2.55 bits per heavy atom. The fourth-order valence-electron chi connectivity index (χ4n) is 3.25. The molecule has 0 unspecified atom stereocenters. The maximum atomic E-state index is 9.37. The van der Waals surface area contributed by atoms with Crippen LogP contribution in [0.1, 0.15) is 24.5 Å². The second kappa shape index (κ2) is 9.21. The zero-order valence-corrected chi connectivity index (χ0v) is 17.8. The molecule has 0 bridgehead atoms. The maximum Gasteiger partial charge on any atom is 0.176 e. The molecule has 3 nitrogen and oxygen atoms in total. The molecule has 0 atom stereocenters. The lowest BCUT2D eigenvalue weighted by Crippen LogP contribution is -2.30. The molecule has 29 heavy (non-hydrogen) atoms. The van der Waals surface area contributed by atoms with Crippen molar-refractivity contribution in [2.45, 2.75) is 24.8 Å². The predicted octanol–water partition coefficient (Wildman–Crippen LogP) is 6.75. The third-order valence-electron chi connectivity index (χ3n) is 4.70. The third kappa shape index (κ3) is 4.34. The maximum absolute atomic E-state index is 9.37. The lowest BCUT2D eigenvalue weighted by Gasteiger charge is -2.30. The van der Waals surface area contributed by atoms with Gasteiger partial charge in [0.05, 0.1) is 28.8 Å². The van der Waals surface area contributed by atoms with Crippen LogP contribution in [0, 0.1) is 11.3 Å². The molecule has 3 aromatic carbocycles. The monoisotopic (exact) mass is 415 g/mol. The Balaban J connectivity index is 1.60. The smallest absolute Gasteiger partial charge is 0.176 e. The summed E-state index contributed by atoms with van der Waals surface area (Å²) in [6.45, 7) is 2.97. The molecule has 1 aliphatic rings. The van der Waals surface area contributed by atoms with Crippen LogP contribution in [-0.4, -0.2) is 10.9 Å². The summed E-state index contributed by atoms with van der Waals surface area (Å²) in [5.74, 6) is 1.06. The molecule has 0 radical (unpaired) electrons. The van der Waals surface area contributed by atoms with Crippen LogP contribution in [0.3, 0.4) is 0 Å². The molecular weight excluding hydrogens is 394 g/mol. The fraction of sp³-hybridized carbons (Fsp3) is 0.167. The molecule has 4 rings (SSSR count). The van der Waals surface area contributed by atoms with E-state index in [1.807, 2.05) is 36.0 Å². The Hall–Kier alpha value is -2.68. The van der Waals surface area contributed by atoms with Gasteiger partial charge in [-0.3, -0.25) is 0 Å². The molecule has 0 saturated heterocycles. The zero-order valence-electron chi connectivity index (χ0n) is 16.2. The van der Waals surface area contributed by atoms with E-state index < -0.39 is 0 Å². The van der Waals surface area contributed by atoms with Crippen LogP contribution in [0.2, 0.25) is 0 Å². The van der Waals surface area contributed by atoms with Crippen LogP contribution in [-0.2, 0) is 6.54 Å². The third-order valence-corrected chi connectivity index (χ3v) is 6.80. The van der Waals surface area contributed by atoms with Crippen molar-refractivity contribution in [3.8, 4) is 17.2 Å². The van der Waals surface area contributed by atoms with Crippen molar-refractivity contribution in [1.82, 2.24) is 0 Å². The minimum atomic E-state index is 0.701. The van der Waals surface area contributed by atoms with Gasteiger partial charge in [0.1, 0.15) is 0 Å². The number of para-hydroxylation sites is 1. The number of fused-ring (bicyclic) bond motifs is 1. The summed E-state index contributed by atoms with van der Waals surface area (Å²) in [5.41, 5.74) is 5.17. The van der Waals surface area contributed by atoms with Crippen LogP contribution in [0.5, 0.6) is 0 Å². The number of amidine groups is 1. The highest BCUT2D eigenvalue weighted by atomic mass is 32.2. The summed E-state index contributed by atoms with van der Waals surface area (Å²) in [7, 11) is 0. The van der Waals surface area contributed by atoms with Crippen molar-refractivity contribution in [3.63, 3.8) is 0 Å². The van der Waals surface area contributed by atoms with E-state index in [0.717, 1.165) is 35.0 Å². The summed E-state index contributed by atoms with van der Waals surface area (Å²) in [6.07, 6.45) is 1.12. The van der Waals surface area contributed by atoms with Gasteiger partial charge in [-0.1, -0.05) is 73.3 Å². The summed E-state index contributed by atoms with van der Waals surface area (Å²) < 4.78 is 4.76. The van der Waals surface area contributed by atoms with E-state index in [1.54, 1.807) is 11.9 Å². The van der Waals surface area contributed by atoms with Gasteiger partial charge < -0.3 is 4.90 Å².